The molecule has 3 rings (SSSR count). The number of carbonyl (C=O) groups excluding carboxylic acids is 1. The van der Waals surface area contributed by atoms with Crippen LogP contribution in [0.2, 0.25) is 0 Å². The Labute approximate surface area is 100 Å². The van der Waals surface area contributed by atoms with Crippen LogP contribution in [0.25, 0.3) is 0 Å². The number of anilines is 1. The zero-order valence-corrected chi connectivity index (χ0v) is 9.65. The van der Waals surface area contributed by atoms with Gasteiger partial charge in [-0.15, -0.1) is 0 Å². The number of nitrogens with zero attached hydrogens (tertiary/aromatic N) is 1. The van der Waals surface area contributed by atoms with Crippen molar-refractivity contribution in [1.29, 1.82) is 0 Å². The lowest BCUT2D eigenvalue weighted by Crippen LogP contribution is -2.35. The van der Waals surface area contributed by atoms with Gasteiger partial charge in [-0.2, -0.15) is 0 Å². The van der Waals surface area contributed by atoms with Crippen molar-refractivity contribution in [3.63, 3.8) is 0 Å². The quantitative estimate of drug-likeness (QED) is 0.739. The lowest BCUT2D eigenvalue weighted by atomic mass is 10.1. The van der Waals surface area contributed by atoms with Crippen molar-refractivity contribution in [2.24, 2.45) is 0 Å². The van der Waals surface area contributed by atoms with Gasteiger partial charge in [0.2, 0.25) is 0 Å². The maximum atomic E-state index is 11.4. The smallest absolute Gasteiger partial charge is 0.163 e. The normalized spacial score (nSPS) is 19.3. The van der Waals surface area contributed by atoms with E-state index in [1.54, 1.807) is 0 Å². The summed E-state index contributed by atoms with van der Waals surface area (Å²) in [5.41, 5.74) is 1.04. The van der Waals surface area contributed by atoms with Crippen LogP contribution in [-0.4, -0.2) is 32.1 Å². The highest BCUT2D eigenvalue weighted by molar-refractivity contribution is 5.84. The van der Waals surface area contributed by atoms with Crippen LogP contribution in [0.4, 0.5) is 5.69 Å². The average molecular weight is 233 g/mol. The maximum absolute atomic E-state index is 11.4. The van der Waals surface area contributed by atoms with Crippen LogP contribution < -0.4 is 14.4 Å². The first kappa shape index (κ1) is 10.4. The number of ketones is 1. The molecule has 0 atom stereocenters. The molecule has 17 heavy (non-hydrogen) atoms. The molecule has 0 unspecified atom stereocenters. The Morgan fingerprint density at radius 1 is 1.12 bits per heavy atom. The number of hydrogen-bond acceptors (Lipinski definition) is 4. The van der Waals surface area contributed by atoms with Gasteiger partial charge < -0.3 is 14.4 Å². The first-order valence-corrected chi connectivity index (χ1v) is 5.99. The van der Waals surface area contributed by atoms with Gasteiger partial charge in [0.15, 0.2) is 17.3 Å². The molecule has 4 nitrogen and oxygen atoms in total. The fourth-order valence-electron chi connectivity index (χ4n) is 2.29. The third-order valence-corrected chi connectivity index (χ3v) is 3.14. The van der Waals surface area contributed by atoms with Crippen molar-refractivity contribution in [2.75, 3.05) is 31.2 Å². The van der Waals surface area contributed by atoms with Crippen LogP contribution >= 0.6 is 0 Å². The zero-order chi connectivity index (χ0) is 11.7. The van der Waals surface area contributed by atoms with Gasteiger partial charge in [0.1, 0.15) is 13.2 Å². The van der Waals surface area contributed by atoms with Gasteiger partial charge in [0.05, 0.1) is 6.54 Å². The van der Waals surface area contributed by atoms with E-state index < -0.39 is 0 Å². The molecule has 0 bridgehead atoms. The summed E-state index contributed by atoms with van der Waals surface area (Å²) in [5.74, 6) is 1.89. The van der Waals surface area contributed by atoms with E-state index in [-0.39, 0.29) is 0 Å². The summed E-state index contributed by atoms with van der Waals surface area (Å²) >= 11 is 0. The number of Topliss-reactive ketones (excluding diaryl/α,β-unsaturated/α-hetero) is 1. The zero-order valence-electron chi connectivity index (χ0n) is 9.65. The minimum atomic E-state index is 0.311. The van der Waals surface area contributed by atoms with E-state index >= 15 is 0 Å². The van der Waals surface area contributed by atoms with Crippen molar-refractivity contribution >= 4 is 11.5 Å². The van der Waals surface area contributed by atoms with Crippen LogP contribution in [0.1, 0.15) is 12.8 Å². The highest BCUT2D eigenvalue weighted by Gasteiger charge is 2.19. The molecule has 0 radical (unpaired) electrons. The van der Waals surface area contributed by atoms with Gasteiger partial charge >= 0.3 is 0 Å². The van der Waals surface area contributed by atoms with Crippen molar-refractivity contribution < 1.29 is 14.3 Å². The van der Waals surface area contributed by atoms with Gasteiger partial charge in [0.25, 0.3) is 0 Å². The molecule has 0 aromatic heterocycles. The molecule has 1 aromatic carbocycles. The monoisotopic (exact) mass is 233 g/mol. The van der Waals surface area contributed by atoms with Gasteiger partial charge in [-0.3, -0.25) is 4.79 Å². The van der Waals surface area contributed by atoms with Gasteiger partial charge in [-0.25, -0.2) is 0 Å². The number of hydrogen-bond donors (Lipinski definition) is 0. The second kappa shape index (κ2) is 4.28. The van der Waals surface area contributed by atoms with Gasteiger partial charge in [-0.1, -0.05) is 0 Å². The highest BCUT2D eigenvalue weighted by atomic mass is 16.6. The Kier molecular flexibility index (Phi) is 2.63. The van der Waals surface area contributed by atoms with E-state index in [0.717, 1.165) is 30.2 Å². The summed E-state index contributed by atoms with van der Waals surface area (Å²) in [4.78, 5) is 13.5. The van der Waals surface area contributed by atoms with Crippen molar-refractivity contribution in [3.8, 4) is 11.5 Å². The summed E-state index contributed by atoms with van der Waals surface area (Å²) in [6.45, 7) is 2.65. The lowest BCUT2D eigenvalue weighted by molar-refractivity contribution is -0.118. The van der Waals surface area contributed by atoms with E-state index in [1.807, 2.05) is 18.2 Å². The molecule has 2 heterocycles. The minimum absolute atomic E-state index is 0.311. The summed E-state index contributed by atoms with van der Waals surface area (Å²) in [6.07, 6.45) is 1.65. The first-order valence-electron chi connectivity index (χ1n) is 5.99. The van der Waals surface area contributed by atoms with E-state index in [1.165, 1.54) is 0 Å². The van der Waals surface area contributed by atoms with Crippen LogP contribution in [0.5, 0.6) is 11.5 Å². The summed E-state index contributed by atoms with van der Waals surface area (Å²) in [5, 5.41) is 0. The number of rotatable bonds is 1. The van der Waals surface area contributed by atoms with Crippen molar-refractivity contribution in [1.82, 2.24) is 0 Å². The third kappa shape index (κ3) is 2.07. The van der Waals surface area contributed by atoms with Crippen molar-refractivity contribution in [3.05, 3.63) is 18.2 Å². The molecule has 0 saturated carbocycles. The Hall–Kier alpha value is -1.71. The standard InChI is InChI=1S/C13H15NO3/c15-11-2-1-5-14(9-11)10-3-4-12-13(8-10)17-7-6-16-12/h3-4,8H,1-2,5-7,9H2. The molecule has 1 saturated heterocycles. The number of ether oxygens (including phenoxy) is 2. The van der Waals surface area contributed by atoms with Gasteiger partial charge in [-0.05, 0) is 18.6 Å². The van der Waals surface area contributed by atoms with Crippen LogP contribution in [-0.2, 0) is 4.79 Å². The van der Waals surface area contributed by atoms with Crippen LogP contribution in [0.3, 0.4) is 0 Å². The number of fused-ring (bicyclic) bond motifs is 1. The molecule has 90 valence electrons. The maximum Gasteiger partial charge on any atom is 0.163 e. The second-order valence-corrected chi connectivity index (χ2v) is 4.39. The van der Waals surface area contributed by atoms with Crippen LogP contribution in [0.15, 0.2) is 18.2 Å². The summed E-state index contributed by atoms with van der Waals surface area (Å²) < 4.78 is 11.0. The van der Waals surface area contributed by atoms with E-state index in [4.69, 9.17) is 9.47 Å². The SMILES string of the molecule is O=C1CCCN(c2ccc3c(c2)OCCO3)C1. The molecular formula is C13H15NO3. The number of piperidine rings is 1. The first-order chi connectivity index (χ1) is 8.33. The van der Waals surface area contributed by atoms with E-state index in [0.29, 0.717) is 32.0 Å². The number of carbonyl (C=O) groups is 1. The van der Waals surface area contributed by atoms with E-state index in [2.05, 4.69) is 4.90 Å². The fourth-order valence-corrected chi connectivity index (χ4v) is 2.29. The molecule has 2 aliphatic rings. The molecule has 4 heteroatoms. The van der Waals surface area contributed by atoms with Crippen LogP contribution in [0, 0.1) is 0 Å². The molecular weight excluding hydrogens is 218 g/mol. The molecule has 0 aliphatic carbocycles. The second-order valence-electron chi connectivity index (χ2n) is 4.39. The summed E-state index contributed by atoms with van der Waals surface area (Å²) in [7, 11) is 0. The Morgan fingerprint density at radius 3 is 2.76 bits per heavy atom. The average Bonchev–Trinajstić information content (AvgIpc) is 2.38. The minimum Gasteiger partial charge on any atom is -0.486 e. The lowest BCUT2D eigenvalue weighted by Gasteiger charge is -2.29. The Morgan fingerprint density at radius 2 is 1.94 bits per heavy atom. The molecule has 0 N–H and O–H groups in total. The molecule has 0 spiro atoms. The predicted octanol–water partition coefficient (Wildman–Crippen LogP) is 1.63. The van der Waals surface area contributed by atoms with Crippen molar-refractivity contribution in [2.45, 2.75) is 12.8 Å². The largest absolute Gasteiger partial charge is 0.486 e. The molecule has 2 aliphatic heterocycles. The highest BCUT2D eigenvalue weighted by Crippen LogP contribution is 2.34. The Balaban J connectivity index is 1.85. The molecule has 1 fully saturated rings. The molecule has 0 amide bonds. The summed E-state index contributed by atoms with van der Waals surface area (Å²) in [6, 6.07) is 5.88. The fraction of sp³-hybridized carbons (Fsp3) is 0.462. The Bertz CT molecular complexity index is 444. The van der Waals surface area contributed by atoms with E-state index in [9.17, 15) is 4.79 Å². The predicted molar refractivity (Wildman–Crippen MR) is 63.9 cm³/mol. The van der Waals surface area contributed by atoms with Gasteiger partial charge in [0, 0.05) is 24.7 Å². The third-order valence-electron chi connectivity index (χ3n) is 3.14. The molecule has 1 aromatic rings. The topological polar surface area (TPSA) is 38.8 Å². The number of benzene rings is 1.